The van der Waals surface area contributed by atoms with E-state index in [9.17, 15) is 0 Å². The summed E-state index contributed by atoms with van der Waals surface area (Å²) in [7, 11) is 0. The summed E-state index contributed by atoms with van der Waals surface area (Å²) in [5.41, 5.74) is 0. The van der Waals surface area contributed by atoms with Gasteiger partial charge in [-0.25, -0.2) is 0 Å². The van der Waals surface area contributed by atoms with Crippen LogP contribution in [0.3, 0.4) is 0 Å². The van der Waals surface area contributed by atoms with Gasteiger partial charge < -0.3 is 213 Å². The number of hydrogen-bond acceptors (Lipinski definition) is 18. The molecular formula is C18Cr5N18. The van der Waals surface area contributed by atoms with Crippen LogP contribution in [0.5, 0.6) is 0 Å². The molecule has 0 saturated heterocycles. The average molecular weight is 728 g/mol. The van der Waals surface area contributed by atoms with E-state index in [2.05, 4.69) is 0 Å². The van der Waals surface area contributed by atoms with Crippen LogP contribution < -0.4 is 0 Å². The van der Waals surface area contributed by atoms with Crippen molar-refractivity contribution in [3.8, 4) is 0 Å². The smallest absolute Gasteiger partial charge is 0.512 e. The monoisotopic (exact) mass is 728 g/mol. The Hall–Kier alpha value is -6.52. The third kappa shape index (κ3) is 781. The molecular weight excluding hydrogens is 728 g/mol. The van der Waals surface area contributed by atoms with Gasteiger partial charge in [0.25, 0.3) is 0 Å². The van der Waals surface area contributed by atoms with Crippen molar-refractivity contribution in [1.82, 2.24) is 0 Å². The zero-order valence-electron chi connectivity index (χ0n) is 19.1. The van der Waals surface area contributed by atoms with Crippen LogP contribution in [0, 0.1) is 213 Å². The van der Waals surface area contributed by atoms with Gasteiger partial charge in [-0.2, -0.15) is 0 Å². The van der Waals surface area contributed by atoms with E-state index in [0.29, 0.717) is 0 Å². The quantitative estimate of drug-likeness (QED) is 0.320. The van der Waals surface area contributed by atoms with E-state index in [4.69, 9.17) is 213 Å². The molecule has 192 valence electrons. The second-order valence-corrected chi connectivity index (χ2v) is 0. The molecule has 0 rings (SSSR count). The molecule has 0 aromatic carbocycles. The molecule has 0 fully saturated rings. The zero-order chi connectivity index (χ0) is 36.0. The minimum Gasteiger partial charge on any atom is -0.512 e. The Morgan fingerprint density at radius 2 is 0.122 bits per heavy atom. The summed E-state index contributed by atoms with van der Waals surface area (Å²) >= 11 is 0. The summed E-state index contributed by atoms with van der Waals surface area (Å²) in [5.74, 6) is 0. The van der Waals surface area contributed by atoms with Crippen LogP contribution in [0.15, 0.2) is 0 Å². The molecule has 0 aliphatic heterocycles. The van der Waals surface area contributed by atoms with Gasteiger partial charge in [-0.05, 0) is 0 Å². The predicted molar refractivity (Wildman–Crippen MR) is 89.4 cm³/mol. The van der Waals surface area contributed by atoms with Crippen LogP contribution >= 0.6 is 0 Å². The van der Waals surface area contributed by atoms with Crippen LogP contribution in [0.4, 0.5) is 0 Å². The van der Waals surface area contributed by atoms with Gasteiger partial charge in [0, 0.05) is 0 Å². The normalized spacial score (nSPS) is 0.878. The maximum absolute atomic E-state index is 6.25. The maximum Gasteiger partial charge on any atom is 4.00 e. The molecule has 0 aliphatic rings. The third-order valence-corrected chi connectivity index (χ3v) is 0. The Morgan fingerprint density at radius 3 is 0.122 bits per heavy atom. The molecule has 0 atom stereocenters. The van der Waals surface area contributed by atoms with Gasteiger partial charge in [0.05, 0.1) is 0 Å². The first-order valence-electron chi connectivity index (χ1n) is 4.02. The summed E-state index contributed by atoms with van der Waals surface area (Å²) in [6.45, 7) is 85.5. The SMILES string of the molecule is [C-]#N.[C-]#N.[C-]#N.[C-]#N.[C-]#N.[C-]#N.[C-]#N.[C-]#N.[C-]#N.[C-]#N.[C-]#N.[C-]#N.[C-]#N.[C-]#N.[C-]#N.[C-]#N.[C-]#N.[C-]#N.[Cr+3].[Cr+3].[Cr+4].[Cr+4].[Cr+4]. The predicted octanol–water partition coefficient (Wildman–Crippen LogP) is 1.72. The minimum absolute atomic E-state index is 0. The van der Waals surface area contributed by atoms with E-state index in [1.165, 1.54) is 0 Å². The van der Waals surface area contributed by atoms with E-state index in [1.807, 2.05) is 0 Å². The zero-order valence-corrected chi connectivity index (χ0v) is 25.5. The van der Waals surface area contributed by atoms with Crippen molar-refractivity contribution < 1.29 is 86.8 Å². The van der Waals surface area contributed by atoms with E-state index < -0.39 is 0 Å². The summed E-state index contributed by atoms with van der Waals surface area (Å²) < 4.78 is 0. The Labute approximate surface area is 297 Å². The molecule has 0 heterocycles. The summed E-state index contributed by atoms with van der Waals surface area (Å²) in [4.78, 5) is 0. The number of nitrogens with zero attached hydrogens (tertiary/aromatic N) is 18. The summed E-state index contributed by atoms with van der Waals surface area (Å²) in [6, 6.07) is 0. The van der Waals surface area contributed by atoms with Crippen molar-refractivity contribution in [3.63, 3.8) is 0 Å². The molecule has 23 heteroatoms. The van der Waals surface area contributed by atoms with Crippen molar-refractivity contribution >= 4 is 0 Å². The van der Waals surface area contributed by atoms with Crippen LogP contribution in [0.25, 0.3) is 0 Å². The largest absolute Gasteiger partial charge is 4.00 e. The van der Waals surface area contributed by atoms with Crippen LogP contribution in [-0.4, -0.2) is 0 Å². The summed E-state index contributed by atoms with van der Waals surface area (Å²) in [6.07, 6.45) is 0. The fourth-order valence-corrected chi connectivity index (χ4v) is 0. The van der Waals surface area contributed by atoms with Gasteiger partial charge in [-0.3, -0.25) is 0 Å². The van der Waals surface area contributed by atoms with Gasteiger partial charge in [0.1, 0.15) is 0 Å². The van der Waals surface area contributed by atoms with E-state index in [0.717, 1.165) is 0 Å². The summed E-state index contributed by atoms with van der Waals surface area (Å²) in [5, 5.41) is 112. The number of rotatable bonds is 0. The second-order valence-electron chi connectivity index (χ2n) is 0. The molecule has 18 nitrogen and oxygen atoms in total. The van der Waals surface area contributed by atoms with E-state index >= 15 is 0 Å². The first-order valence-corrected chi connectivity index (χ1v) is 4.02. The Morgan fingerprint density at radius 1 is 0.122 bits per heavy atom. The van der Waals surface area contributed by atoms with Gasteiger partial charge >= 0.3 is 86.8 Å². The van der Waals surface area contributed by atoms with E-state index in [1.54, 1.807) is 0 Å². The topological polar surface area (TPSA) is 428 Å². The van der Waals surface area contributed by atoms with Crippen LogP contribution in [0.1, 0.15) is 0 Å². The maximum atomic E-state index is 6.25. The van der Waals surface area contributed by atoms with Gasteiger partial charge in [-0.15, -0.1) is 0 Å². The van der Waals surface area contributed by atoms with Crippen molar-refractivity contribution in [1.29, 1.82) is 94.7 Å². The van der Waals surface area contributed by atoms with Crippen molar-refractivity contribution in [2.75, 3.05) is 0 Å². The molecule has 0 bridgehead atoms. The van der Waals surface area contributed by atoms with Crippen molar-refractivity contribution in [3.05, 3.63) is 118 Å². The van der Waals surface area contributed by atoms with Gasteiger partial charge in [0.15, 0.2) is 0 Å². The fraction of sp³-hybridized carbons (Fsp3) is 0. The van der Waals surface area contributed by atoms with Crippen LogP contribution in [0.2, 0.25) is 0 Å². The molecule has 2 radical (unpaired) electrons. The molecule has 0 spiro atoms. The van der Waals surface area contributed by atoms with Crippen LogP contribution in [-0.2, 0) is 86.8 Å². The Balaban J connectivity index is -0.00000000396. The van der Waals surface area contributed by atoms with Gasteiger partial charge in [-0.1, -0.05) is 0 Å². The molecule has 0 amide bonds. The molecule has 0 unspecified atom stereocenters. The average Bonchev–Trinajstić information content (AvgIpc) is 3.13. The molecule has 0 aromatic rings. The minimum atomic E-state index is 0. The molecule has 0 aromatic heterocycles. The first kappa shape index (κ1) is 293. The first-order chi connectivity index (χ1) is 18.0. The standard InChI is InChI=1S/18CN.5Cr/c18*1-2;;;;;/q18*-1;2*+3;3*+4. The molecule has 41 heavy (non-hydrogen) atoms. The van der Waals surface area contributed by atoms with Gasteiger partial charge in [0.2, 0.25) is 0 Å². The van der Waals surface area contributed by atoms with Crippen molar-refractivity contribution in [2.45, 2.75) is 0 Å². The Bertz CT molecular complexity index is 369. The number of hydrogen-bond donors (Lipinski definition) is 0. The molecule has 0 aliphatic carbocycles. The molecule has 0 saturated carbocycles. The van der Waals surface area contributed by atoms with Crippen molar-refractivity contribution in [2.24, 2.45) is 0 Å². The Kier molecular flexibility index (Phi) is 5950. The van der Waals surface area contributed by atoms with E-state index in [-0.39, 0.29) is 86.8 Å². The third-order valence-electron chi connectivity index (χ3n) is 0. The fourth-order valence-electron chi connectivity index (χ4n) is 0. The molecule has 0 N–H and O–H groups in total. The second kappa shape index (κ2) is 832.